The number of hydrogen-bond donors (Lipinski definition) is 0. The minimum Gasteiger partial charge on any atom is -0.460 e. The number of carbonyl (C=O) groups is 1. The number of esters is 1. The number of ether oxygens (including phenoxy) is 2. The lowest BCUT2D eigenvalue weighted by molar-refractivity contribution is -0.316. The molecule has 2 aromatic rings. The molecule has 0 amide bonds. The zero-order chi connectivity index (χ0) is 25.5. The molecule has 0 aromatic heterocycles. The topological polar surface area (TPSA) is 35.5 Å². The molecule has 0 aliphatic heterocycles. The van der Waals surface area contributed by atoms with Gasteiger partial charge in [-0.3, -0.25) is 9.53 Å². The molecule has 0 radical (unpaired) electrons. The van der Waals surface area contributed by atoms with Crippen LogP contribution in [0.4, 0.5) is 22.0 Å². The summed E-state index contributed by atoms with van der Waals surface area (Å²) in [5.41, 5.74) is -3.31. The normalized spacial score (nSPS) is 22.7. The molecule has 1 saturated carbocycles. The maximum absolute atomic E-state index is 14.7. The summed E-state index contributed by atoms with van der Waals surface area (Å²) < 4.78 is 76.8. The average molecular weight is 503 g/mol. The molecule has 0 bridgehead atoms. The summed E-state index contributed by atoms with van der Waals surface area (Å²) in [4.78, 5) is 13.0. The first-order chi connectivity index (χ1) is 15.7. The van der Waals surface area contributed by atoms with E-state index in [0.29, 0.717) is 5.56 Å². The van der Waals surface area contributed by atoms with E-state index in [0.717, 1.165) is 22.8 Å². The van der Waals surface area contributed by atoms with Crippen LogP contribution < -0.4 is 0 Å². The van der Waals surface area contributed by atoms with Gasteiger partial charge in [0.25, 0.3) is 0 Å². The van der Waals surface area contributed by atoms with E-state index in [1.165, 1.54) is 13.8 Å². The highest BCUT2D eigenvalue weighted by molar-refractivity contribution is 6.20. The number of hydrogen-bond acceptors (Lipinski definition) is 3. The highest BCUT2D eigenvalue weighted by Gasteiger charge is 2.83. The van der Waals surface area contributed by atoms with Crippen LogP contribution in [0.1, 0.15) is 25.0 Å². The molecule has 3 nitrogen and oxygen atoms in total. The predicted octanol–water partition coefficient (Wildman–Crippen LogP) is 7.27. The third kappa shape index (κ3) is 4.45. The fourth-order valence-electron chi connectivity index (χ4n) is 4.63. The van der Waals surface area contributed by atoms with Gasteiger partial charge in [-0.25, -0.2) is 0 Å². The Hall–Kier alpha value is -2.45. The second-order valence-electron chi connectivity index (χ2n) is 8.80. The molecule has 1 fully saturated rings. The van der Waals surface area contributed by atoms with Crippen LogP contribution in [0, 0.1) is 23.7 Å². The zero-order valence-electron chi connectivity index (χ0n) is 18.8. The Morgan fingerprint density at radius 2 is 1.74 bits per heavy atom. The maximum atomic E-state index is 14.7. The van der Waals surface area contributed by atoms with Gasteiger partial charge in [-0.05, 0) is 34.6 Å². The molecule has 3 unspecified atom stereocenters. The van der Waals surface area contributed by atoms with E-state index >= 15 is 0 Å². The van der Waals surface area contributed by atoms with Gasteiger partial charge in [0.1, 0.15) is 12.0 Å². The van der Waals surface area contributed by atoms with Crippen molar-refractivity contribution in [3.63, 3.8) is 0 Å². The first kappa shape index (κ1) is 26.2. The molecule has 1 aliphatic carbocycles. The first-order valence-electron chi connectivity index (χ1n) is 10.4. The lowest BCUT2D eigenvalue weighted by Gasteiger charge is -2.24. The summed E-state index contributed by atoms with van der Waals surface area (Å²) in [6.45, 7) is 7.75. The van der Waals surface area contributed by atoms with Gasteiger partial charge in [-0.15, -0.1) is 6.58 Å². The first-order valence-corrected chi connectivity index (χ1v) is 10.8. The van der Waals surface area contributed by atoms with Crippen LogP contribution in [0.2, 0.25) is 0 Å². The Morgan fingerprint density at radius 1 is 1.12 bits per heavy atom. The SMILES string of the molecule is C=CC1(C(=O)OCc2cccc(-c3ccccc3)c2C)C(C(F)(F)OC(Cl)C(F)(F)F)C1(C)C. The lowest BCUT2D eigenvalue weighted by Crippen LogP contribution is -2.38. The number of halogens is 6. The average Bonchev–Trinajstić information content (AvgIpc) is 3.30. The van der Waals surface area contributed by atoms with Crippen molar-refractivity contribution < 1.29 is 36.2 Å². The van der Waals surface area contributed by atoms with E-state index in [2.05, 4.69) is 11.3 Å². The summed E-state index contributed by atoms with van der Waals surface area (Å²) in [5.74, 6) is -2.97. The largest absolute Gasteiger partial charge is 0.460 e. The van der Waals surface area contributed by atoms with E-state index in [-0.39, 0.29) is 6.61 Å². The molecule has 3 rings (SSSR count). The summed E-state index contributed by atoms with van der Waals surface area (Å²) in [6.07, 6.45) is -8.58. The van der Waals surface area contributed by atoms with Crippen molar-refractivity contribution in [2.75, 3.05) is 0 Å². The Bertz CT molecular complexity index is 1070. The lowest BCUT2D eigenvalue weighted by atomic mass is 9.95. The van der Waals surface area contributed by atoms with Crippen molar-refractivity contribution >= 4 is 17.6 Å². The second-order valence-corrected chi connectivity index (χ2v) is 9.19. The Labute approximate surface area is 199 Å². The number of rotatable bonds is 8. The van der Waals surface area contributed by atoms with E-state index in [1.807, 2.05) is 43.3 Å². The monoisotopic (exact) mass is 502 g/mol. The van der Waals surface area contributed by atoms with Crippen LogP contribution in [-0.2, 0) is 20.9 Å². The van der Waals surface area contributed by atoms with Crippen LogP contribution in [0.3, 0.4) is 0 Å². The fourth-order valence-corrected chi connectivity index (χ4v) is 4.75. The Morgan fingerprint density at radius 3 is 2.29 bits per heavy atom. The van der Waals surface area contributed by atoms with Crippen molar-refractivity contribution in [2.24, 2.45) is 16.7 Å². The summed E-state index contributed by atoms with van der Waals surface area (Å²) in [7, 11) is 0. The van der Waals surface area contributed by atoms with Crippen LogP contribution in [-0.4, -0.2) is 23.8 Å². The van der Waals surface area contributed by atoms with E-state index < -0.39 is 40.6 Å². The quantitative estimate of drug-likeness (QED) is 0.165. The van der Waals surface area contributed by atoms with Gasteiger partial charge in [-0.1, -0.05) is 80.1 Å². The Balaban J connectivity index is 1.81. The van der Waals surface area contributed by atoms with E-state index in [4.69, 9.17) is 16.3 Å². The highest BCUT2D eigenvalue weighted by atomic mass is 35.5. The molecule has 9 heteroatoms. The smallest absolute Gasteiger partial charge is 0.428 e. The van der Waals surface area contributed by atoms with Gasteiger partial charge in [0.15, 0.2) is 0 Å². The van der Waals surface area contributed by atoms with Crippen molar-refractivity contribution in [1.29, 1.82) is 0 Å². The molecule has 0 saturated heterocycles. The summed E-state index contributed by atoms with van der Waals surface area (Å²) in [5, 5.41) is 0. The zero-order valence-corrected chi connectivity index (χ0v) is 19.5. The highest BCUT2D eigenvalue weighted by Crippen LogP contribution is 2.75. The van der Waals surface area contributed by atoms with Crippen molar-refractivity contribution in [2.45, 2.75) is 45.2 Å². The third-order valence-electron chi connectivity index (χ3n) is 6.56. The van der Waals surface area contributed by atoms with Crippen molar-refractivity contribution in [3.05, 3.63) is 72.3 Å². The molecule has 0 heterocycles. The second kappa shape index (κ2) is 8.96. The molecule has 0 spiro atoms. The number of alkyl halides is 6. The minimum absolute atomic E-state index is 0.211. The van der Waals surface area contributed by atoms with Crippen LogP contribution in [0.25, 0.3) is 11.1 Å². The van der Waals surface area contributed by atoms with Gasteiger partial charge < -0.3 is 4.74 Å². The standard InChI is InChI=1S/C25H24ClF5O3/c1-5-23(19(22(23,3)4)25(30,31)34-20(26)24(27,28)29)21(32)33-14-17-12-9-13-18(15(17)2)16-10-7-6-8-11-16/h5-13,19-20H,1,14H2,2-4H3. The van der Waals surface area contributed by atoms with Crippen LogP contribution >= 0.6 is 11.6 Å². The van der Waals surface area contributed by atoms with Gasteiger partial charge >= 0.3 is 18.3 Å². The van der Waals surface area contributed by atoms with Gasteiger partial charge in [0.2, 0.25) is 5.56 Å². The van der Waals surface area contributed by atoms with Gasteiger partial charge in [0, 0.05) is 0 Å². The minimum atomic E-state index is -5.21. The molecule has 34 heavy (non-hydrogen) atoms. The summed E-state index contributed by atoms with van der Waals surface area (Å²) in [6, 6.07) is 14.9. The summed E-state index contributed by atoms with van der Waals surface area (Å²) >= 11 is 4.98. The van der Waals surface area contributed by atoms with Gasteiger partial charge in [0.05, 0.1) is 5.92 Å². The molecular weight excluding hydrogens is 479 g/mol. The predicted molar refractivity (Wildman–Crippen MR) is 118 cm³/mol. The van der Waals surface area contributed by atoms with Crippen molar-refractivity contribution in [3.8, 4) is 11.1 Å². The van der Waals surface area contributed by atoms with Crippen molar-refractivity contribution in [1.82, 2.24) is 0 Å². The number of carbonyl (C=O) groups excluding carboxylic acids is 1. The third-order valence-corrected chi connectivity index (χ3v) is 6.90. The van der Waals surface area contributed by atoms with E-state index in [1.54, 1.807) is 12.1 Å². The van der Waals surface area contributed by atoms with E-state index in [9.17, 15) is 26.7 Å². The van der Waals surface area contributed by atoms with Crippen LogP contribution in [0.5, 0.6) is 0 Å². The molecule has 184 valence electrons. The molecule has 2 aromatic carbocycles. The van der Waals surface area contributed by atoms with Gasteiger partial charge in [-0.2, -0.15) is 22.0 Å². The van der Waals surface area contributed by atoms with Crippen LogP contribution in [0.15, 0.2) is 61.2 Å². The number of benzene rings is 2. The molecular formula is C25H24ClF5O3. The molecule has 3 atom stereocenters. The fraction of sp³-hybridized carbons (Fsp3) is 0.400. The molecule has 1 aliphatic rings. The molecule has 0 N–H and O–H groups in total. The maximum Gasteiger partial charge on any atom is 0.428 e. The Kier molecular flexibility index (Phi) is 6.90.